The van der Waals surface area contributed by atoms with Crippen molar-refractivity contribution in [1.82, 2.24) is 10.2 Å². The third-order valence-electron chi connectivity index (χ3n) is 6.90. The van der Waals surface area contributed by atoms with E-state index in [0.29, 0.717) is 32.7 Å². The van der Waals surface area contributed by atoms with Gasteiger partial charge in [0.2, 0.25) is 5.91 Å². The summed E-state index contributed by atoms with van der Waals surface area (Å²) >= 11 is 0. The first kappa shape index (κ1) is 18.0. The zero-order valence-corrected chi connectivity index (χ0v) is 17.1. The highest BCUT2D eigenvalue weighted by Gasteiger charge is 2.63. The molecular formula is C21H28N4O3. The fourth-order valence-corrected chi connectivity index (χ4v) is 5.72. The van der Waals surface area contributed by atoms with Gasteiger partial charge in [0.05, 0.1) is 31.7 Å². The highest BCUT2D eigenvalue weighted by molar-refractivity contribution is 6.00. The van der Waals surface area contributed by atoms with E-state index in [2.05, 4.69) is 29.4 Å². The minimum atomic E-state index is -0.444. The number of fused-ring (bicyclic) bond motifs is 2. The van der Waals surface area contributed by atoms with Crippen LogP contribution in [0.15, 0.2) is 32.9 Å². The van der Waals surface area contributed by atoms with Crippen LogP contribution < -0.4 is 5.32 Å². The number of likely N-dealkylation sites (tertiary alicyclic amines) is 1. The van der Waals surface area contributed by atoms with E-state index < -0.39 is 5.41 Å². The Bertz CT molecular complexity index is 876. The van der Waals surface area contributed by atoms with E-state index in [1.165, 1.54) is 0 Å². The predicted molar refractivity (Wildman–Crippen MR) is 102 cm³/mol. The Balaban J connectivity index is 1.50. The molecule has 2 spiro atoms. The largest absolute Gasteiger partial charge is 0.370 e. The van der Waals surface area contributed by atoms with Gasteiger partial charge in [0.25, 0.3) is 0 Å². The van der Waals surface area contributed by atoms with Gasteiger partial charge in [-0.15, -0.1) is 5.11 Å². The molecular weight excluding hydrogens is 356 g/mol. The van der Waals surface area contributed by atoms with Crippen LogP contribution in [0.3, 0.4) is 0 Å². The van der Waals surface area contributed by atoms with Crippen molar-refractivity contribution in [2.24, 2.45) is 27.0 Å². The summed E-state index contributed by atoms with van der Waals surface area (Å²) in [6.45, 7) is 10.3. The second kappa shape index (κ2) is 5.53. The summed E-state index contributed by atoms with van der Waals surface area (Å²) in [5.74, 6) is 1.18. The number of nitrogens with zero attached hydrogens (tertiary/aromatic N) is 3. The van der Waals surface area contributed by atoms with Gasteiger partial charge in [-0.05, 0) is 18.3 Å². The number of azo groups is 1. The van der Waals surface area contributed by atoms with Crippen LogP contribution in [-0.4, -0.2) is 48.4 Å². The predicted octanol–water partition coefficient (Wildman–Crippen LogP) is 2.55. The van der Waals surface area contributed by atoms with Crippen molar-refractivity contribution in [3.8, 4) is 0 Å². The molecule has 0 bridgehead atoms. The second-order valence-electron chi connectivity index (χ2n) is 10.2. The average molecular weight is 384 g/mol. The van der Waals surface area contributed by atoms with E-state index in [4.69, 9.17) is 4.74 Å². The van der Waals surface area contributed by atoms with E-state index in [-0.39, 0.29) is 28.6 Å². The number of ether oxygens (including phenoxy) is 1. The number of hydrogen-bond donors (Lipinski definition) is 1. The van der Waals surface area contributed by atoms with Crippen molar-refractivity contribution in [3.05, 3.63) is 22.7 Å². The third kappa shape index (κ3) is 2.38. The number of ketones is 1. The Morgan fingerprint density at radius 1 is 1.25 bits per heavy atom. The van der Waals surface area contributed by atoms with Gasteiger partial charge in [0.1, 0.15) is 5.60 Å². The van der Waals surface area contributed by atoms with Crippen LogP contribution in [0.4, 0.5) is 0 Å². The summed E-state index contributed by atoms with van der Waals surface area (Å²) in [5, 5.41) is 12.0. The first-order chi connectivity index (χ1) is 13.1. The summed E-state index contributed by atoms with van der Waals surface area (Å²) in [6.07, 6.45) is 2.11. The van der Waals surface area contributed by atoms with Gasteiger partial charge >= 0.3 is 0 Å². The van der Waals surface area contributed by atoms with E-state index in [0.717, 1.165) is 35.5 Å². The topological polar surface area (TPSA) is 83.4 Å². The molecule has 0 saturated carbocycles. The molecule has 0 aromatic carbocycles. The number of rotatable bonds is 1. The van der Waals surface area contributed by atoms with Crippen molar-refractivity contribution in [2.45, 2.75) is 52.6 Å². The lowest BCUT2D eigenvalue weighted by Gasteiger charge is -2.49. The van der Waals surface area contributed by atoms with Crippen molar-refractivity contribution < 1.29 is 14.3 Å². The fraction of sp³-hybridized carbons (Fsp3) is 0.714. The summed E-state index contributed by atoms with van der Waals surface area (Å²) < 4.78 is 6.36. The monoisotopic (exact) mass is 384 g/mol. The molecule has 4 aliphatic heterocycles. The number of Topliss-reactive ketones (excluding diaryl/α,β-unsaturated/α-hetero) is 1. The molecule has 7 heteroatoms. The molecule has 150 valence electrons. The molecule has 28 heavy (non-hydrogen) atoms. The van der Waals surface area contributed by atoms with Gasteiger partial charge in [-0.25, -0.2) is 0 Å². The summed E-state index contributed by atoms with van der Waals surface area (Å²) in [7, 11) is 0. The molecule has 1 amide bonds. The van der Waals surface area contributed by atoms with Gasteiger partial charge in [0.15, 0.2) is 11.6 Å². The molecule has 1 aliphatic carbocycles. The zero-order valence-electron chi connectivity index (χ0n) is 17.1. The number of nitrogens with one attached hydrogen (secondary N) is 1. The minimum absolute atomic E-state index is 0.00944. The highest BCUT2D eigenvalue weighted by atomic mass is 16.5. The first-order valence-electron chi connectivity index (χ1n) is 10.2. The van der Waals surface area contributed by atoms with E-state index >= 15 is 0 Å². The zero-order chi connectivity index (χ0) is 19.9. The number of carbonyl (C=O) groups excluding carboxylic acids is 2. The van der Waals surface area contributed by atoms with Crippen molar-refractivity contribution in [3.63, 3.8) is 0 Å². The van der Waals surface area contributed by atoms with Gasteiger partial charge in [-0.3, -0.25) is 9.59 Å². The quantitative estimate of drug-likeness (QED) is 0.753. The van der Waals surface area contributed by atoms with Gasteiger partial charge in [-0.2, -0.15) is 5.11 Å². The standard InChI is InChI=1S/C21H28N4O3/c1-12(2)18(27)25-9-20(10-25)8-21(11-28-20)13-7-22-24-17(13)23-14-5-19(3,4)6-15(26)16(14)21/h12,23H,5-11H2,1-4H3. The van der Waals surface area contributed by atoms with Crippen LogP contribution >= 0.6 is 0 Å². The van der Waals surface area contributed by atoms with Crippen molar-refractivity contribution in [1.29, 1.82) is 0 Å². The lowest BCUT2D eigenvalue weighted by Crippen LogP contribution is -2.64. The number of hydrogen-bond acceptors (Lipinski definition) is 6. The molecule has 4 heterocycles. The van der Waals surface area contributed by atoms with Crippen molar-refractivity contribution >= 4 is 11.7 Å². The average Bonchev–Trinajstić information content (AvgIpc) is 3.17. The first-order valence-corrected chi connectivity index (χ1v) is 10.2. The molecule has 5 aliphatic rings. The van der Waals surface area contributed by atoms with Crippen LogP contribution in [0, 0.1) is 16.7 Å². The lowest BCUT2D eigenvalue weighted by molar-refractivity contribution is -0.160. The molecule has 1 N–H and O–H groups in total. The molecule has 2 saturated heterocycles. The summed E-state index contributed by atoms with van der Waals surface area (Å²) in [5.41, 5.74) is 2.11. The molecule has 1 atom stereocenters. The number of amides is 1. The van der Waals surface area contributed by atoms with E-state index in [1.807, 2.05) is 18.7 Å². The molecule has 0 aromatic rings. The highest BCUT2D eigenvalue weighted by Crippen LogP contribution is 2.58. The van der Waals surface area contributed by atoms with Gasteiger partial charge in [0, 0.05) is 29.2 Å². The maximum atomic E-state index is 13.3. The van der Waals surface area contributed by atoms with Crippen molar-refractivity contribution in [2.75, 3.05) is 26.2 Å². The molecule has 0 radical (unpaired) electrons. The third-order valence-corrected chi connectivity index (χ3v) is 6.90. The van der Waals surface area contributed by atoms with Crippen LogP contribution in [-0.2, 0) is 14.3 Å². The Morgan fingerprint density at radius 3 is 2.71 bits per heavy atom. The molecule has 1 unspecified atom stereocenters. The molecule has 0 aromatic heterocycles. The Hall–Kier alpha value is -2.02. The Kier molecular flexibility index (Phi) is 3.56. The second-order valence-corrected chi connectivity index (χ2v) is 10.2. The van der Waals surface area contributed by atoms with Gasteiger partial charge in [-0.1, -0.05) is 27.7 Å². The summed E-state index contributed by atoms with van der Waals surface area (Å²) in [6, 6.07) is 0. The maximum absolute atomic E-state index is 13.3. The maximum Gasteiger partial charge on any atom is 0.225 e. The molecule has 2 fully saturated rings. The number of carbonyl (C=O) groups is 2. The number of dihydropyridines is 1. The van der Waals surface area contributed by atoms with Crippen LogP contribution in [0.5, 0.6) is 0 Å². The normalized spacial score (nSPS) is 32.2. The molecule has 7 nitrogen and oxygen atoms in total. The molecule has 5 rings (SSSR count). The Labute approximate surface area is 165 Å². The number of allylic oxidation sites excluding steroid dienone is 1. The van der Waals surface area contributed by atoms with Crippen LogP contribution in [0.1, 0.15) is 47.0 Å². The SMILES string of the molecule is CC(C)C(=O)N1CC2(C1)CC1(CO2)C2=C(N=NC2)NC2=C1C(=O)CC(C)(C)C2. The fourth-order valence-electron chi connectivity index (χ4n) is 5.72. The van der Waals surface area contributed by atoms with E-state index in [9.17, 15) is 9.59 Å². The van der Waals surface area contributed by atoms with Crippen LogP contribution in [0.25, 0.3) is 0 Å². The summed E-state index contributed by atoms with van der Waals surface area (Å²) in [4.78, 5) is 27.5. The Morgan fingerprint density at radius 2 is 2.00 bits per heavy atom. The lowest BCUT2D eigenvalue weighted by atomic mass is 9.61. The van der Waals surface area contributed by atoms with E-state index in [1.54, 1.807) is 0 Å². The smallest absolute Gasteiger partial charge is 0.225 e. The van der Waals surface area contributed by atoms with Crippen LogP contribution in [0.2, 0.25) is 0 Å². The van der Waals surface area contributed by atoms with Gasteiger partial charge < -0.3 is 15.0 Å². The minimum Gasteiger partial charge on any atom is -0.370 e.